The highest BCUT2D eigenvalue weighted by molar-refractivity contribution is 5.91. The Bertz CT molecular complexity index is 1680. The highest BCUT2D eigenvalue weighted by Crippen LogP contribution is 2.30. The predicted octanol–water partition coefficient (Wildman–Crippen LogP) is 5.21. The lowest BCUT2D eigenvalue weighted by atomic mass is 9.88. The van der Waals surface area contributed by atoms with Crippen LogP contribution in [0.3, 0.4) is 0 Å². The van der Waals surface area contributed by atoms with E-state index in [9.17, 15) is 28.8 Å². The molecule has 0 heterocycles. The van der Waals surface area contributed by atoms with Crippen LogP contribution in [0.15, 0.2) is 54.6 Å². The topological polar surface area (TPSA) is 241 Å². The molecule has 0 aliphatic rings. The second kappa shape index (κ2) is 21.5. The summed E-state index contributed by atoms with van der Waals surface area (Å²) in [4.78, 5) is 102. The van der Waals surface area contributed by atoms with Gasteiger partial charge in [0.15, 0.2) is 34.5 Å². The van der Waals surface area contributed by atoms with Crippen LogP contribution in [0.25, 0.3) is 0 Å². The number of carbonyl (C=O) groups excluding carboxylic acids is 6. The molecule has 0 N–H and O–H groups in total. The normalized spacial score (nSPS) is 10.4. The molecule has 21 heteroatoms. The average molecular weight is 807 g/mol. The van der Waals surface area contributed by atoms with Crippen molar-refractivity contribution in [3.05, 3.63) is 71.3 Å². The van der Waals surface area contributed by atoms with Crippen molar-refractivity contribution in [2.75, 3.05) is 62.5 Å². The number of rotatable bonds is 16. The largest absolute Gasteiger partial charge is 0.549 e. The van der Waals surface area contributed by atoms with E-state index in [0.717, 1.165) is 0 Å². The molecule has 3 rings (SSSR count). The molecule has 0 bridgehead atoms. The van der Waals surface area contributed by atoms with Crippen molar-refractivity contribution in [2.24, 2.45) is 5.41 Å². The number of hydrogen-bond donors (Lipinski definition) is 0. The van der Waals surface area contributed by atoms with Crippen LogP contribution in [0.1, 0.15) is 44.4 Å². The first-order valence-electron chi connectivity index (χ1n) is 16.2. The smallest absolute Gasteiger partial charge is 0.493 e. The highest BCUT2D eigenvalue weighted by Gasteiger charge is 2.36. The molecule has 0 aliphatic heterocycles. The number of methoxy groups -OCH3 is 6. The second-order valence-electron chi connectivity index (χ2n) is 11.0. The molecule has 3 aromatic rings. The molecule has 0 unspecified atom stereocenters. The van der Waals surface area contributed by atoms with Gasteiger partial charge in [-0.05, 0) is 61.0 Å². The zero-order chi connectivity index (χ0) is 42.0. The van der Waals surface area contributed by atoms with Crippen LogP contribution >= 0.6 is 0 Å². The fourth-order valence-electron chi connectivity index (χ4n) is 4.39. The molecule has 0 spiro atoms. The van der Waals surface area contributed by atoms with Crippen LogP contribution in [0.5, 0.6) is 34.5 Å². The first kappa shape index (κ1) is 44.1. The third-order valence-corrected chi connectivity index (χ3v) is 7.65. The van der Waals surface area contributed by atoms with Gasteiger partial charge < -0.3 is 42.6 Å². The fourth-order valence-corrected chi connectivity index (χ4v) is 4.39. The SMILES string of the molecule is CCC(COC(=O)OOC(=O)c1ccc(OC)c(OC)c1)(COC(=O)OOC(=O)c1ccc(OC)c(OC)c1)COC(=O)OOC(=O)c1ccc(OC)c(OC)c1. The molecule has 0 saturated carbocycles. The minimum atomic E-state index is -1.61. The van der Waals surface area contributed by atoms with Gasteiger partial charge in [-0.3, -0.25) is 0 Å². The van der Waals surface area contributed by atoms with Gasteiger partial charge in [-0.15, -0.1) is 0 Å². The molecule has 3 aromatic carbocycles. The van der Waals surface area contributed by atoms with Gasteiger partial charge in [0, 0.05) is 0 Å². The van der Waals surface area contributed by atoms with Crippen LogP contribution in [-0.2, 0) is 43.5 Å². The van der Waals surface area contributed by atoms with E-state index < -0.39 is 61.6 Å². The Morgan fingerprint density at radius 3 is 0.895 bits per heavy atom. The summed E-state index contributed by atoms with van der Waals surface area (Å²) in [5.41, 5.74) is -1.85. The zero-order valence-corrected chi connectivity index (χ0v) is 31.6. The molecule has 0 atom stereocenters. The van der Waals surface area contributed by atoms with Gasteiger partial charge in [-0.2, -0.15) is 14.4 Å². The van der Waals surface area contributed by atoms with Crippen molar-refractivity contribution in [1.82, 2.24) is 0 Å². The lowest BCUT2D eigenvalue weighted by molar-refractivity contribution is -0.217. The number of benzene rings is 3. The molecule has 0 amide bonds. The average Bonchev–Trinajstić information content (AvgIpc) is 3.25. The third kappa shape index (κ3) is 12.6. The Hall–Kier alpha value is -7.32. The first-order valence-corrected chi connectivity index (χ1v) is 16.2. The summed E-state index contributed by atoms with van der Waals surface area (Å²) in [5.74, 6) is -1.84. The molecule has 0 saturated heterocycles. The van der Waals surface area contributed by atoms with Crippen molar-refractivity contribution in [2.45, 2.75) is 13.3 Å². The summed E-state index contributed by atoms with van der Waals surface area (Å²) < 4.78 is 45.9. The van der Waals surface area contributed by atoms with Gasteiger partial charge in [0.05, 0.1) is 64.8 Å². The summed E-state index contributed by atoms with van der Waals surface area (Å²) in [6, 6.07) is 12.0. The van der Waals surface area contributed by atoms with E-state index in [4.69, 9.17) is 42.6 Å². The Morgan fingerprint density at radius 2 is 0.667 bits per heavy atom. The molecular weight excluding hydrogens is 768 g/mol. The van der Waals surface area contributed by atoms with Crippen LogP contribution in [0.4, 0.5) is 14.4 Å². The van der Waals surface area contributed by atoms with Crippen molar-refractivity contribution in [3.8, 4) is 34.5 Å². The minimum Gasteiger partial charge on any atom is -0.493 e. The van der Waals surface area contributed by atoms with Gasteiger partial charge in [-0.1, -0.05) is 6.92 Å². The molecule has 308 valence electrons. The molecule has 57 heavy (non-hydrogen) atoms. The van der Waals surface area contributed by atoms with E-state index in [-0.39, 0.29) is 40.4 Å². The van der Waals surface area contributed by atoms with Crippen LogP contribution in [-0.4, -0.2) is 98.9 Å². The standard InChI is InChI=1S/C36H38O21/c1-8-36(18-49-33(40)55-52-30(37)21-9-12-24(43-2)27(15-21)46-5,19-50-34(41)56-53-31(38)22-10-13-25(44-3)28(16-22)47-6)20-51-35(42)57-54-32(39)23-11-14-26(45-4)29(17-23)48-7/h9-17H,8,18-20H2,1-7H3. The lowest BCUT2D eigenvalue weighted by Gasteiger charge is -2.29. The Kier molecular flexibility index (Phi) is 16.7. The van der Waals surface area contributed by atoms with Crippen LogP contribution in [0.2, 0.25) is 0 Å². The number of ether oxygens (including phenoxy) is 9. The van der Waals surface area contributed by atoms with Crippen LogP contribution < -0.4 is 28.4 Å². The third-order valence-electron chi connectivity index (χ3n) is 7.65. The molecule has 21 nitrogen and oxygen atoms in total. The number of carbonyl (C=O) groups is 6. The van der Waals surface area contributed by atoms with Gasteiger partial charge in [0.1, 0.15) is 19.8 Å². The predicted molar refractivity (Wildman–Crippen MR) is 185 cm³/mol. The lowest BCUT2D eigenvalue weighted by Crippen LogP contribution is -2.39. The molecule has 0 aliphatic carbocycles. The maximum absolute atomic E-state index is 12.5. The second-order valence-corrected chi connectivity index (χ2v) is 11.0. The summed E-state index contributed by atoms with van der Waals surface area (Å²) in [6.45, 7) is -0.668. The van der Waals surface area contributed by atoms with Crippen molar-refractivity contribution >= 4 is 36.4 Å². The van der Waals surface area contributed by atoms with E-state index in [2.05, 4.69) is 29.3 Å². The minimum absolute atomic E-state index is 0.0663. The maximum atomic E-state index is 12.5. The quantitative estimate of drug-likeness (QED) is 0.0780. The molecule has 0 fully saturated rings. The zero-order valence-electron chi connectivity index (χ0n) is 31.6. The summed E-state index contributed by atoms with van der Waals surface area (Å²) in [7, 11) is 8.19. The molecule has 0 radical (unpaired) electrons. The highest BCUT2D eigenvalue weighted by atomic mass is 17.2. The van der Waals surface area contributed by atoms with Crippen molar-refractivity contribution < 1.29 is 101 Å². The monoisotopic (exact) mass is 806 g/mol. The van der Waals surface area contributed by atoms with Gasteiger partial charge >= 0.3 is 36.4 Å². The van der Waals surface area contributed by atoms with E-state index in [1.807, 2.05) is 0 Å². The Labute approximate surface area is 324 Å². The van der Waals surface area contributed by atoms with Gasteiger partial charge in [0.2, 0.25) is 0 Å². The molecular formula is C36H38O21. The van der Waals surface area contributed by atoms with Crippen molar-refractivity contribution in [3.63, 3.8) is 0 Å². The maximum Gasteiger partial charge on any atom is 0.549 e. The summed E-state index contributed by atoms with van der Waals surface area (Å²) in [5, 5.41) is 0. The summed E-state index contributed by atoms with van der Waals surface area (Å²) >= 11 is 0. The van der Waals surface area contributed by atoms with E-state index in [0.29, 0.717) is 17.2 Å². The van der Waals surface area contributed by atoms with Crippen LogP contribution in [0, 0.1) is 5.41 Å². The van der Waals surface area contributed by atoms with E-state index in [1.165, 1.54) is 104 Å². The van der Waals surface area contributed by atoms with Crippen molar-refractivity contribution in [1.29, 1.82) is 0 Å². The van der Waals surface area contributed by atoms with Gasteiger partial charge in [-0.25, -0.2) is 43.7 Å². The molecule has 0 aromatic heterocycles. The van der Waals surface area contributed by atoms with E-state index in [1.54, 1.807) is 0 Å². The fraction of sp³-hybridized carbons (Fsp3) is 0.333. The van der Waals surface area contributed by atoms with Gasteiger partial charge in [0.25, 0.3) is 0 Å². The Balaban J connectivity index is 1.65. The van der Waals surface area contributed by atoms with E-state index >= 15 is 0 Å². The first-order chi connectivity index (χ1) is 27.4. The Morgan fingerprint density at radius 1 is 0.404 bits per heavy atom. The summed E-state index contributed by atoms with van der Waals surface area (Å²) in [6.07, 6.45) is -4.69. The number of hydrogen-bond acceptors (Lipinski definition) is 21.